The van der Waals surface area contributed by atoms with E-state index in [1.807, 2.05) is 20.2 Å². The van der Waals surface area contributed by atoms with Crippen LogP contribution in [-0.4, -0.2) is 31.8 Å². The number of imide groups is 1. The number of fused-ring (bicyclic) bond motifs is 1. The summed E-state index contributed by atoms with van der Waals surface area (Å²) < 4.78 is 6.20. The normalized spacial score (nSPS) is 20.3. The smallest absolute Gasteiger partial charge is 0.290 e. The van der Waals surface area contributed by atoms with Crippen molar-refractivity contribution in [3.63, 3.8) is 0 Å². The minimum atomic E-state index is -0.341. The molecule has 0 atom stereocenters. The lowest BCUT2D eigenvalue weighted by molar-refractivity contribution is -0.115. The SMILES string of the molecule is Cc1cc2c(cc1-c1cc(C=C3SC(=O)NC3=O)ccc1N(C)C)C(C)(C)COC2(C)C. The first-order chi connectivity index (χ1) is 14.9. The molecule has 0 radical (unpaired) electrons. The van der Waals surface area contributed by atoms with Gasteiger partial charge in [0.25, 0.3) is 11.1 Å². The lowest BCUT2D eigenvalue weighted by atomic mass is 9.73. The van der Waals surface area contributed by atoms with Gasteiger partial charge in [0.1, 0.15) is 0 Å². The number of carbonyl (C=O) groups excluding carboxylic acids is 2. The molecule has 2 aliphatic heterocycles. The van der Waals surface area contributed by atoms with E-state index in [-0.39, 0.29) is 22.2 Å². The average Bonchev–Trinajstić information content (AvgIpc) is 3.02. The van der Waals surface area contributed by atoms with Crippen molar-refractivity contribution in [2.75, 3.05) is 25.6 Å². The summed E-state index contributed by atoms with van der Waals surface area (Å²) in [5.41, 5.74) is 7.54. The molecular weight excluding hydrogens is 420 g/mol. The van der Waals surface area contributed by atoms with E-state index >= 15 is 0 Å². The highest BCUT2D eigenvalue weighted by atomic mass is 32.2. The number of rotatable bonds is 3. The summed E-state index contributed by atoms with van der Waals surface area (Å²) in [4.78, 5) is 26.1. The molecule has 168 valence electrons. The van der Waals surface area contributed by atoms with Crippen molar-refractivity contribution in [3.05, 3.63) is 57.5 Å². The van der Waals surface area contributed by atoms with Crippen LogP contribution >= 0.6 is 11.8 Å². The summed E-state index contributed by atoms with van der Waals surface area (Å²) in [5.74, 6) is -0.341. The van der Waals surface area contributed by atoms with Crippen molar-refractivity contribution in [1.29, 1.82) is 0 Å². The monoisotopic (exact) mass is 450 g/mol. The Hall–Kier alpha value is -2.57. The van der Waals surface area contributed by atoms with Crippen LogP contribution in [0, 0.1) is 6.92 Å². The molecule has 4 rings (SSSR count). The fourth-order valence-electron chi connectivity index (χ4n) is 4.39. The first-order valence-corrected chi connectivity index (χ1v) is 11.6. The molecule has 0 spiro atoms. The fourth-order valence-corrected chi connectivity index (χ4v) is 5.08. The number of carbonyl (C=O) groups is 2. The summed E-state index contributed by atoms with van der Waals surface area (Å²) in [6, 6.07) is 10.7. The number of nitrogens with one attached hydrogen (secondary N) is 1. The number of ether oxygens (including phenoxy) is 1. The second kappa shape index (κ2) is 7.78. The van der Waals surface area contributed by atoms with Crippen LogP contribution in [-0.2, 0) is 20.5 Å². The van der Waals surface area contributed by atoms with Crippen molar-refractivity contribution in [2.24, 2.45) is 0 Å². The average molecular weight is 451 g/mol. The van der Waals surface area contributed by atoms with E-state index in [0.717, 1.165) is 34.1 Å². The molecule has 2 aliphatic rings. The van der Waals surface area contributed by atoms with Gasteiger partial charge in [0.05, 0.1) is 17.1 Å². The Morgan fingerprint density at radius 1 is 1.03 bits per heavy atom. The molecule has 0 aromatic heterocycles. The van der Waals surface area contributed by atoms with E-state index in [0.29, 0.717) is 11.5 Å². The molecule has 1 N–H and O–H groups in total. The Kier molecular flexibility index (Phi) is 5.50. The van der Waals surface area contributed by atoms with Crippen molar-refractivity contribution >= 4 is 34.7 Å². The van der Waals surface area contributed by atoms with Gasteiger partial charge < -0.3 is 9.64 Å². The summed E-state index contributed by atoms with van der Waals surface area (Å²) in [7, 11) is 4.06. The Labute approximate surface area is 194 Å². The third-order valence-corrected chi connectivity index (χ3v) is 7.08. The molecule has 1 saturated heterocycles. The summed E-state index contributed by atoms with van der Waals surface area (Å²) in [6.07, 6.45) is 1.78. The van der Waals surface area contributed by atoms with Crippen LogP contribution < -0.4 is 10.2 Å². The number of hydrogen-bond acceptors (Lipinski definition) is 5. The van der Waals surface area contributed by atoms with E-state index in [4.69, 9.17) is 4.74 Å². The van der Waals surface area contributed by atoms with Gasteiger partial charge in [-0.25, -0.2) is 0 Å². The van der Waals surface area contributed by atoms with E-state index in [2.05, 4.69) is 69.1 Å². The number of hydrogen-bond donors (Lipinski definition) is 1. The van der Waals surface area contributed by atoms with Crippen LogP contribution in [0.5, 0.6) is 0 Å². The molecular formula is C26H30N2O3S. The second-order valence-corrected chi connectivity index (χ2v) is 10.9. The van der Waals surface area contributed by atoms with Crippen LogP contribution in [0.25, 0.3) is 17.2 Å². The Balaban J connectivity index is 1.90. The standard InChI is InChI=1S/C26H30N2O3S/c1-15-10-20-19(25(2,3)14-31-26(20,4)5)13-17(15)18-11-16(8-9-21(18)28(6)7)12-22-23(29)27-24(30)32-22/h8-13H,14H2,1-7H3,(H,27,29,30). The predicted molar refractivity (Wildman–Crippen MR) is 132 cm³/mol. The van der Waals surface area contributed by atoms with Gasteiger partial charge in [-0.05, 0) is 84.6 Å². The number of anilines is 1. The highest BCUT2D eigenvalue weighted by Crippen LogP contribution is 2.45. The first-order valence-electron chi connectivity index (χ1n) is 10.8. The highest BCUT2D eigenvalue weighted by Gasteiger charge is 2.38. The molecule has 0 aliphatic carbocycles. The van der Waals surface area contributed by atoms with Crippen molar-refractivity contribution in [3.8, 4) is 11.1 Å². The quantitative estimate of drug-likeness (QED) is 0.617. The lowest BCUT2D eigenvalue weighted by Gasteiger charge is -2.42. The zero-order valence-corrected chi connectivity index (χ0v) is 20.6. The Morgan fingerprint density at radius 3 is 2.38 bits per heavy atom. The van der Waals surface area contributed by atoms with E-state index in [1.54, 1.807) is 6.08 Å². The number of aryl methyl sites for hydroxylation is 1. The van der Waals surface area contributed by atoms with Crippen LogP contribution in [0.15, 0.2) is 35.2 Å². The molecule has 2 heterocycles. The van der Waals surface area contributed by atoms with Crippen molar-refractivity contribution in [2.45, 2.75) is 45.6 Å². The number of nitrogens with zero attached hydrogens (tertiary/aromatic N) is 1. The maximum Gasteiger partial charge on any atom is 0.290 e. The van der Waals surface area contributed by atoms with Gasteiger partial charge in [0.2, 0.25) is 0 Å². The molecule has 2 aromatic carbocycles. The van der Waals surface area contributed by atoms with Gasteiger partial charge in [0.15, 0.2) is 0 Å². The van der Waals surface area contributed by atoms with E-state index in [1.165, 1.54) is 16.7 Å². The van der Waals surface area contributed by atoms with E-state index in [9.17, 15) is 9.59 Å². The first kappa shape index (κ1) is 22.6. The molecule has 0 unspecified atom stereocenters. The van der Waals surface area contributed by atoms with Gasteiger partial charge in [-0.15, -0.1) is 0 Å². The topological polar surface area (TPSA) is 58.6 Å². The second-order valence-electron chi connectivity index (χ2n) is 9.92. The third kappa shape index (κ3) is 3.97. The molecule has 32 heavy (non-hydrogen) atoms. The number of amides is 2. The maximum atomic E-state index is 12.0. The molecule has 1 fully saturated rings. The van der Waals surface area contributed by atoms with Crippen molar-refractivity contribution < 1.29 is 14.3 Å². The van der Waals surface area contributed by atoms with Crippen LogP contribution in [0.1, 0.15) is 49.9 Å². The van der Waals surface area contributed by atoms with Gasteiger partial charge in [-0.3, -0.25) is 14.9 Å². The van der Waals surface area contributed by atoms with Gasteiger partial charge in [-0.1, -0.05) is 26.0 Å². The zero-order chi connectivity index (χ0) is 23.4. The minimum Gasteiger partial charge on any atom is -0.377 e. The summed E-state index contributed by atoms with van der Waals surface area (Å²) in [6.45, 7) is 11.5. The number of thioether (sulfide) groups is 1. The van der Waals surface area contributed by atoms with Crippen LogP contribution in [0.2, 0.25) is 0 Å². The van der Waals surface area contributed by atoms with Gasteiger partial charge in [0, 0.05) is 30.8 Å². The van der Waals surface area contributed by atoms with Crippen LogP contribution in [0.4, 0.5) is 10.5 Å². The fraction of sp³-hybridized carbons (Fsp3) is 0.385. The maximum absolute atomic E-state index is 12.0. The van der Waals surface area contributed by atoms with E-state index < -0.39 is 0 Å². The summed E-state index contributed by atoms with van der Waals surface area (Å²) >= 11 is 0.939. The zero-order valence-electron chi connectivity index (χ0n) is 19.8. The molecule has 6 heteroatoms. The molecule has 2 aromatic rings. The third-order valence-electron chi connectivity index (χ3n) is 6.27. The summed E-state index contributed by atoms with van der Waals surface area (Å²) in [5, 5.41) is 1.99. The Bertz CT molecular complexity index is 1160. The van der Waals surface area contributed by atoms with Crippen molar-refractivity contribution in [1.82, 2.24) is 5.32 Å². The predicted octanol–water partition coefficient (Wildman–Crippen LogP) is 5.59. The van der Waals surface area contributed by atoms with Gasteiger partial charge in [-0.2, -0.15) is 0 Å². The highest BCUT2D eigenvalue weighted by molar-refractivity contribution is 8.18. The molecule has 0 saturated carbocycles. The largest absolute Gasteiger partial charge is 0.377 e. The molecule has 5 nitrogen and oxygen atoms in total. The molecule has 2 amide bonds. The van der Waals surface area contributed by atoms with Gasteiger partial charge >= 0.3 is 0 Å². The minimum absolute atomic E-state index is 0.0931. The van der Waals surface area contributed by atoms with Crippen LogP contribution in [0.3, 0.4) is 0 Å². The lowest BCUT2D eigenvalue weighted by Crippen LogP contribution is -2.40. The Morgan fingerprint density at radius 2 is 1.75 bits per heavy atom. The molecule has 0 bridgehead atoms. The number of benzene rings is 2.